The van der Waals surface area contributed by atoms with Crippen LogP contribution in [0.1, 0.15) is 22.4 Å². The second kappa shape index (κ2) is 13.6. The summed E-state index contributed by atoms with van der Waals surface area (Å²) in [5, 5.41) is 16.0. The zero-order chi connectivity index (χ0) is 31.3. The van der Waals surface area contributed by atoms with Gasteiger partial charge in [0.05, 0.1) is 25.1 Å². The Balaban J connectivity index is 1.22. The Labute approximate surface area is 261 Å². The monoisotopic (exact) mass is 609 g/mol. The Kier molecular flexibility index (Phi) is 9.22. The minimum atomic E-state index is -0.545. The summed E-state index contributed by atoms with van der Waals surface area (Å²) in [6.07, 6.45) is 5.26. The number of likely N-dealkylation sites (N-methyl/N-ethyl adjacent to an activating group) is 1. The molecule has 45 heavy (non-hydrogen) atoms. The molecule has 6 rings (SSSR count). The molecular formula is C34H36FN7O3. The zero-order valence-electron chi connectivity index (χ0n) is 25.3. The highest BCUT2D eigenvalue weighted by atomic mass is 19.1. The average molecular weight is 610 g/mol. The molecule has 0 unspecified atom stereocenters. The van der Waals surface area contributed by atoms with Gasteiger partial charge in [0.1, 0.15) is 11.7 Å². The van der Waals surface area contributed by atoms with E-state index in [1.165, 1.54) is 0 Å². The van der Waals surface area contributed by atoms with Crippen LogP contribution in [0.3, 0.4) is 0 Å². The van der Waals surface area contributed by atoms with Crippen molar-refractivity contribution in [2.24, 2.45) is 0 Å². The van der Waals surface area contributed by atoms with Gasteiger partial charge in [-0.15, -0.1) is 0 Å². The number of methoxy groups -OCH3 is 1. The number of hydrogen-bond acceptors (Lipinski definition) is 9. The number of nitrogens with one attached hydrogen (secondary N) is 2. The molecule has 3 N–H and O–H groups in total. The maximum absolute atomic E-state index is 15.2. The van der Waals surface area contributed by atoms with Crippen LogP contribution < -0.4 is 10.6 Å². The number of hydrogen-bond donors (Lipinski definition) is 3. The molecule has 0 bridgehead atoms. The fraction of sp³-hybridized carbons (Fsp3) is 0.294. The van der Waals surface area contributed by atoms with Gasteiger partial charge in [-0.25, -0.2) is 14.4 Å². The van der Waals surface area contributed by atoms with E-state index in [-0.39, 0.29) is 24.2 Å². The first kappa shape index (κ1) is 30.5. The Hall–Kier alpha value is -4.55. The molecule has 0 saturated carbocycles. The van der Waals surface area contributed by atoms with E-state index < -0.39 is 11.9 Å². The number of carbonyl (C=O) groups is 1. The molecule has 0 radical (unpaired) electrons. The van der Waals surface area contributed by atoms with E-state index in [9.17, 15) is 9.90 Å². The van der Waals surface area contributed by atoms with Crippen LogP contribution in [0.4, 0.5) is 21.7 Å². The number of allylic oxidation sites excluding steroid dienone is 1. The van der Waals surface area contributed by atoms with Crippen LogP contribution in [0.2, 0.25) is 0 Å². The Morgan fingerprint density at radius 2 is 1.87 bits per heavy atom. The number of benzene rings is 2. The number of piperazine rings is 1. The second-order valence-electron chi connectivity index (χ2n) is 11.2. The van der Waals surface area contributed by atoms with Crippen molar-refractivity contribution in [3.63, 3.8) is 0 Å². The second-order valence-corrected chi connectivity index (χ2v) is 11.2. The maximum Gasteiger partial charge on any atom is 0.244 e. The highest BCUT2D eigenvalue weighted by Crippen LogP contribution is 2.37. The summed E-state index contributed by atoms with van der Waals surface area (Å²) in [6, 6.07) is 16.3. The van der Waals surface area contributed by atoms with Crippen molar-refractivity contribution in [1.29, 1.82) is 0 Å². The molecule has 3 heterocycles. The fourth-order valence-electron chi connectivity index (χ4n) is 5.88. The number of aliphatic hydroxyl groups excluding tert-OH is 1. The molecule has 1 amide bonds. The highest BCUT2D eigenvalue weighted by molar-refractivity contribution is 5.97. The SMILES string of the molecule is COC[C@H](C(=O)Nc1cccc2c1CC=C2c1nc(Nc2ccnc(-c3ccccc3CO)c2)ncc1F)N1CCN(C)CC1. The molecular weight excluding hydrogens is 573 g/mol. The molecule has 2 aromatic heterocycles. The van der Waals surface area contributed by atoms with Gasteiger partial charge in [0.25, 0.3) is 0 Å². The van der Waals surface area contributed by atoms with Crippen molar-refractivity contribution in [3.8, 4) is 11.3 Å². The Bertz CT molecular complexity index is 1720. The van der Waals surface area contributed by atoms with Gasteiger partial charge < -0.3 is 25.4 Å². The molecule has 1 fully saturated rings. The number of aliphatic hydroxyl groups is 1. The van der Waals surface area contributed by atoms with Crippen LogP contribution in [0.5, 0.6) is 0 Å². The largest absolute Gasteiger partial charge is 0.392 e. The van der Waals surface area contributed by atoms with Crippen molar-refractivity contribution in [1.82, 2.24) is 24.8 Å². The summed E-state index contributed by atoms with van der Waals surface area (Å²) >= 11 is 0. The lowest BCUT2D eigenvalue weighted by molar-refractivity contribution is -0.124. The van der Waals surface area contributed by atoms with Gasteiger partial charge in [0.2, 0.25) is 11.9 Å². The summed E-state index contributed by atoms with van der Waals surface area (Å²) in [7, 11) is 3.69. The standard InChI is InChI=1S/C34H36FN7O3/c1-41-14-16-42(17-15-41)31(21-45-2)33(44)39-29-9-5-8-25-26(29)10-11-27(25)32-28(35)19-37-34(40-32)38-23-12-13-36-30(18-23)24-7-4-3-6-22(24)20-43/h3-9,11-13,18-19,31,43H,10,14-17,20-21H2,1-2H3,(H,39,44)(H,36,37,38,40)/t31-/m1/s1. The number of anilines is 3. The number of halogens is 1. The van der Waals surface area contributed by atoms with Crippen molar-refractivity contribution >= 4 is 28.8 Å². The van der Waals surface area contributed by atoms with Crippen LogP contribution >= 0.6 is 0 Å². The molecule has 1 atom stereocenters. The highest BCUT2D eigenvalue weighted by Gasteiger charge is 2.30. The number of amides is 1. The summed E-state index contributed by atoms with van der Waals surface area (Å²) in [5.41, 5.74) is 6.15. The molecule has 2 aliphatic rings. The van der Waals surface area contributed by atoms with E-state index in [2.05, 4.69) is 42.4 Å². The minimum Gasteiger partial charge on any atom is -0.392 e. The van der Waals surface area contributed by atoms with Gasteiger partial charge in [-0.3, -0.25) is 14.7 Å². The molecule has 11 heteroatoms. The molecule has 10 nitrogen and oxygen atoms in total. The van der Waals surface area contributed by atoms with Crippen LogP contribution in [0, 0.1) is 5.82 Å². The molecule has 0 spiro atoms. The van der Waals surface area contributed by atoms with Crippen LogP contribution in [-0.2, 0) is 22.6 Å². The third kappa shape index (κ3) is 6.62. The molecule has 2 aromatic carbocycles. The summed E-state index contributed by atoms with van der Waals surface area (Å²) in [6.45, 7) is 3.55. The zero-order valence-corrected chi connectivity index (χ0v) is 25.3. The molecule has 1 aliphatic heterocycles. The first-order chi connectivity index (χ1) is 21.9. The van der Waals surface area contributed by atoms with Gasteiger partial charge in [0, 0.05) is 62.0 Å². The summed E-state index contributed by atoms with van der Waals surface area (Å²) < 4.78 is 20.7. The number of rotatable bonds is 10. The Morgan fingerprint density at radius 1 is 1.07 bits per heavy atom. The lowest BCUT2D eigenvalue weighted by atomic mass is 10.0. The van der Waals surface area contributed by atoms with Gasteiger partial charge in [-0.2, -0.15) is 0 Å². The van der Waals surface area contributed by atoms with Gasteiger partial charge in [-0.1, -0.05) is 42.5 Å². The lowest BCUT2D eigenvalue weighted by Crippen LogP contribution is -2.54. The van der Waals surface area contributed by atoms with Crippen molar-refractivity contribution in [2.75, 3.05) is 57.6 Å². The summed E-state index contributed by atoms with van der Waals surface area (Å²) in [5.74, 6) is -0.440. The van der Waals surface area contributed by atoms with Gasteiger partial charge in [-0.05, 0) is 48.4 Å². The first-order valence-electron chi connectivity index (χ1n) is 14.9. The lowest BCUT2D eigenvalue weighted by Gasteiger charge is -2.36. The van der Waals surface area contributed by atoms with E-state index in [4.69, 9.17) is 4.74 Å². The van der Waals surface area contributed by atoms with E-state index in [0.29, 0.717) is 35.7 Å². The third-order valence-corrected chi connectivity index (χ3v) is 8.32. The minimum absolute atomic E-state index is 0.105. The van der Waals surface area contributed by atoms with E-state index >= 15 is 4.39 Å². The number of pyridine rings is 1. The molecule has 1 saturated heterocycles. The van der Waals surface area contributed by atoms with Gasteiger partial charge >= 0.3 is 0 Å². The third-order valence-electron chi connectivity index (χ3n) is 8.32. The molecule has 4 aromatic rings. The number of fused-ring (bicyclic) bond motifs is 1. The predicted octanol–water partition coefficient (Wildman–Crippen LogP) is 4.10. The fourth-order valence-corrected chi connectivity index (χ4v) is 5.88. The van der Waals surface area contributed by atoms with Crippen molar-refractivity contribution in [2.45, 2.75) is 19.1 Å². The molecule has 1 aliphatic carbocycles. The smallest absolute Gasteiger partial charge is 0.244 e. The number of nitrogens with zero attached hydrogens (tertiary/aromatic N) is 5. The van der Waals surface area contributed by atoms with E-state index in [1.54, 1.807) is 19.4 Å². The topological polar surface area (TPSA) is 116 Å². The average Bonchev–Trinajstić information content (AvgIpc) is 3.50. The van der Waals surface area contributed by atoms with Crippen LogP contribution in [-0.4, -0.2) is 88.8 Å². The number of aromatic nitrogens is 3. The first-order valence-corrected chi connectivity index (χ1v) is 14.9. The predicted molar refractivity (Wildman–Crippen MR) is 171 cm³/mol. The van der Waals surface area contributed by atoms with Crippen LogP contribution in [0.15, 0.2) is 73.1 Å². The Morgan fingerprint density at radius 3 is 2.67 bits per heavy atom. The summed E-state index contributed by atoms with van der Waals surface area (Å²) in [4.78, 5) is 31.1. The normalized spacial score (nSPS) is 15.8. The van der Waals surface area contributed by atoms with E-state index in [0.717, 1.165) is 54.6 Å². The quantitative estimate of drug-likeness (QED) is 0.244. The maximum atomic E-state index is 15.2. The van der Waals surface area contributed by atoms with Gasteiger partial charge in [0.15, 0.2) is 5.82 Å². The van der Waals surface area contributed by atoms with E-state index in [1.807, 2.05) is 54.6 Å². The van der Waals surface area contributed by atoms with Crippen LogP contribution in [0.25, 0.3) is 16.8 Å². The number of carbonyl (C=O) groups excluding carboxylic acids is 1. The molecule has 232 valence electrons. The van der Waals surface area contributed by atoms with Crippen molar-refractivity contribution in [3.05, 3.63) is 101 Å². The number of ether oxygens (including phenoxy) is 1. The van der Waals surface area contributed by atoms with Crippen molar-refractivity contribution < 1.29 is 19.0 Å².